The van der Waals surface area contributed by atoms with Crippen molar-refractivity contribution in [2.45, 2.75) is 4.90 Å². The molecule has 10 heteroatoms. The second-order valence-corrected chi connectivity index (χ2v) is 8.37. The SMILES string of the molecule is Fc1ccc(NC(=S)N/N=C/C2=C(Cl)c3cc(Cl)cc(Cl)c3SC2)cc1Cl. The number of fused-ring (bicyclic) bond motifs is 1. The fraction of sp³-hybridized carbons (Fsp3) is 0.0588. The van der Waals surface area contributed by atoms with Gasteiger partial charge >= 0.3 is 0 Å². The molecule has 0 unspecified atom stereocenters. The van der Waals surface area contributed by atoms with Gasteiger partial charge in [0.2, 0.25) is 0 Å². The highest BCUT2D eigenvalue weighted by Gasteiger charge is 2.20. The van der Waals surface area contributed by atoms with Crippen molar-refractivity contribution in [3.05, 3.63) is 62.4 Å². The second kappa shape index (κ2) is 8.99. The maximum atomic E-state index is 13.2. The molecule has 0 spiro atoms. The van der Waals surface area contributed by atoms with E-state index in [0.29, 0.717) is 26.5 Å². The highest BCUT2D eigenvalue weighted by molar-refractivity contribution is 7.99. The lowest BCUT2D eigenvalue weighted by atomic mass is 10.1. The van der Waals surface area contributed by atoms with E-state index in [1.54, 1.807) is 30.1 Å². The van der Waals surface area contributed by atoms with E-state index in [0.717, 1.165) is 16.0 Å². The molecule has 140 valence electrons. The number of rotatable bonds is 3. The van der Waals surface area contributed by atoms with Crippen molar-refractivity contribution < 1.29 is 4.39 Å². The highest BCUT2D eigenvalue weighted by atomic mass is 35.5. The van der Waals surface area contributed by atoms with Gasteiger partial charge in [-0.2, -0.15) is 5.10 Å². The van der Waals surface area contributed by atoms with Gasteiger partial charge in [-0.25, -0.2) is 4.39 Å². The van der Waals surface area contributed by atoms with Gasteiger partial charge in [-0.05, 0) is 42.5 Å². The molecule has 3 rings (SSSR count). The van der Waals surface area contributed by atoms with Gasteiger partial charge in [0.05, 0.1) is 21.3 Å². The van der Waals surface area contributed by atoms with E-state index in [-0.39, 0.29) is 10.1 Å². The third kappa shape index (κ3) is 5.08. The van der Waals surface area contributed by atoms with Crippen LogP contribution in [0.2, 0.25) is 15.1 Å². The molecule has 0 radical (unpaired) electrons. The first kappa shape index (κ1) is 20.7. The molecular formula is C17H10Cl4FN3S2. The molecule has 0 aromatic heterocycles. The van der Waals surface area contributed by atoms with Crippen LogP contribution >= 0.6 is 70.4 Å². The third-order valence-corrected chi connectivity index (χ3v) is 6.20. The van der Waals surface area contributed by atoms with E-state index in [2.05, 4.69) is 15.8 Å². The van der Waals surface area contributed by atoms with Crippen LogP contribution in [0.5, 0.6) is 0 Å². The number of halogens is 5. The molecule has 0 fully saturated rings. The van der Waals surface area contributed by atoms with Gasteiger partial charge in [-0.1, -0.05) is 46.4 Å². The summed E-state index contributed by atoms with van der Waals surface area (Å²) in [7, 11) is 0. The minimum Gasteiger partial charge on any atom is -0.331 e. The average Bonchev–Trinajstić information content (AvgIpc) is 2.60. The quantitative estimate of drug-likeness (QED) is 0.287. The monoisotopic (exact) mass is 479 g/mol. The Morgan fingerprint density at radius 1 is 1.15 bits per heavy atom. The lowest BCUT2D eigenvalue weighted by Gasteiger charge is -2.18. The number of thioether (sulfide) groups is 1. The van der Waals surface area contributed by atoms with E-state index < -0.39 is 5.82 Å². The summed E-state index contributed by atoms with van der Waals surface area (Å²) in [5.41, 5.74) is 4.79. The van der Waals surface area contributed by atoms with Gasteiger partial charge < -0.3 is 5.32 Å². The van der Waals surface area contributed by atoms with Crippen molar-refractivity contribution in [1.29, 1.82) is 0 Å². The molecule has 0 atom stereocenters. The second-order valence-electron chi connectivity index (χ2n) is 5.35. The Labute approximate surface area is 184 Å². The number of benzene rings is 2. The Morgan fingerprint density at radius 2 is 1.93 bits per heavy atom. The fourth-order valence-corrected chi connectivity index (χ4v) is 4.69. The van der Waals surface area contributed by atoms with Crippen LogP contribution in [0, 0.1) is 5.82 Å². The Bertz CT molecular complexity index is 979. The number of nitrogens with one attached hydrogen (secondary N) is 2. The minimum absolute atomic E-state index is 0.00143. The smallest absolute Gasteiger partial charge is 0.191 e. The van der Waals surface area contributed by atoms with Crippen molar-refractivity contribution >= 4 is 92.4 Å². The first-order chi connectivity index (χ1) is 12.8. The predicted octanol–water partition coefficient (Wildman–Crippen LogP) is 6.81. The summed E-state index contributed by atoms with van der Waals surface area (Å²) in [6.07, 6.45) is 1.58. The third-order valence-electron chi connectivity index (χ3n) is 3.46. The summed E-state index contributed by atoms with van der Waals surface area (Å²) in [5, 5.41) is 8.78. The number of nitrogens with zero attached hydrogens (tertiary/aromatic N) is 1. The van der Waals surface area contributed by atoms with Gasteiger partial charge in [-0.3, -0.25) is 5.43 Å². The van der Waals surface area contributed by atoms with Gasteiger partial charge in [0.25, 0.3) is 0 Å². The van der Waals surface area contributed by atoms with Gasteiger partial charge in [0, 0.05) is 32.5 Å². The van der Waals surface area contributed by atoms with Crippen molar-refractivity contribution in [1.82, 2.24) is 5.43 Å². The summed E-state index contributed by atoms with van der Waals surface area (Å²) >= 11 is 31.2. The van der Waals surface area contributed by atoms with Gasteiger partial charge in [0.15, 0.2) is 5.11 Å². The van der Waals surface area contributed by atoms with Crippen LogP contribution in [0.1, 0.15) is 5.56 Å². The summed E-state index contributed by atoms with van der Waals surface area (Å²) in [6.45, 7) is 0. The predicted molar refractivity (Wildman–Crippen MR) is 119 cm³/mol. The van der Waals surface area contributed by atoms with E-state index in [1.165, 1.54) is 18.2 Å². The molecule has 1 aliphatic rings. The largest absolute Gasteiger partial charge is 0.331 e. The molecule has 1 heterocycles. The molecular weight excluding hydrogens is 471 g/mol. The molecule has 0 bridgehead atoms. The van der Waals surface area contributed by atoms with Crippen LogP contribution in [0.15, 0.2) is 45.9 Å². The van der Waals surface area contributed by atoms with Gasteiger partial charge in [0.1, 0.15) is 5.82 Å². The van der Waals surface area contributed by atoms with Crippen LogP contribution in [-0.2, 0) is 0 Å². The van der Waals surface area contributed by atoms with Crippen LogP contribution in [0.25, 0.3) is 5.03 Å². The lowest BCUT2D eigenvalue weighted by Crippen LogP contribution is -2.24. The summed E-state index contributed by atoms with van der Waals surface area (Å²) in [6, 6.07) is 7.64. The topological polar surface area (TPSA) is 36.4 Å². The first-order valence-electron chi connectivity index (χ1n) is 7.41. The number of hydrogen-bond acceptors (Lipinski definition) is 3. The fourth-order valence-electron chi connectivity index (χ4n) is 2.25. The highest BCUT2D eigenvalue weighted by Crippen LogP contribution is 2.43. The Kier molecular flexibility index (Phi) is 6.89. The maximum Gasteiger partial charge on any atom is 0.191 e. The van der Waals surface area contributed by atoms with Crippen molar-refractivity contribution in [2.24, 2.45) is 5.10 Å². The maximum absolute atomic E-state index is 13.2. The lowest BCUT2D eigenvalue weighted by molar-refractivity contribution is 0.628. The molecule has 2 aromatic carbocycles. The summed E-state index contributed by atoms with van der Waals surface area (Å²) in [4.78, 5) is 0.890. The molecule has 0 aliphatic carbocycles. The Hall–Kier alpha value is -1.02. The van der Waals surface area contributed by atoms with Crippen molar-refractivity contribution in [3.8, 4) is 0 Å². The van der Waals surface area contributed by atoms with Crippen LogP contribution in [-0.4, -0.2) is 17.1 Å². The molecule has 2 N–H and O–H groups in total. The number of hydrazone groups is 1. The Morgan fingerprint density at radius 3 is 2.67 bits per heavy atom. The van der Waals surface area contributed by atoms with E-state index in [4.69, 9.17) is 58.6 Å². The van der Waals surface area contributed by atoms with E-state index >= 15 is 0 Å². The number of thiocarbonyl (C=S) groups is 1. The van der Waals surface area contributed by atoms with Crippen LogP contribution < -0.4 is 10.7 Å². The molecule has 2 aromatic rings. The zero-order chi connectivity index (χ0) is 19.6. The van der Waals surface area contributed by atoms with Crippen molar-refractivity contribution in [2.75, 3.05) is 11.1 Å². The summed E-state index contributed by atoms with van der Waals surface area (Å²) in [5.74, 6) is 0.0996. The minimum atomic E-state index is -0.504. The molecule has 1 aliphatic heterocycles. The van der Waals surface area contributed by atoms with Crippen LogP contribution in [0.4, 0.5) is 10.1 Å². The molecule has 0 saturated carbocycles. The normalized spacial score (nSPS) is 13.7. The summed E-state index contributed by atoms with van der Waals surface area (Å²) < 4.78 is 13.2. The van der Waals surface area contributed by atoms with Crippen LogP contribution in [0.3, 0.4) is 0 Å². The van der Waals surface area contributed by atoms with E-state index in [9.17, 15) is 4.39 Å². The first-order valence-corrected chi connectivity index (χ1v) is 10.3. The Balaban J connectivity index is 1.68. The number of hydrogen-bond donors (Lipinski definition) is 2. The van der Waals surface area contributed by atoms with Crippen molar-refractivity contribution in [3.63, 3.8) is 0 Å². The molecule has 0 amide bonds. The molecule has 3 nitrogen and oxygen atoms in total. The zero-order valence-electron chi connectivity index (χ0n) is 13.3. The standard InChI is InChI=1S/C17H10Cl4FN3S2/c18-9-3-11-15(21)8(7-27-16(11)13(20)4-9)6-23-25-17(26)24-10-1-2-14(22)12(19)5-10/h1-6H,7H2,(H2,24,25,26)/b23-6+. The number of anilines is 1. The molecule has 27 heavy (non-hydrogen) atoms. The zero-order valence-corrected chi connectivity index (χ0v) is 18.0. The molecule has 0 saturated heterocycles. The average molecular weight is 481 g/mol. The van der Waals surface area contributed by atoms with E-state index in [1.807, 2.05) is 0 Å². The van der Waals surface area contributed by atoms with Gasteiger partial charge in [-0.15, -0.1) is 11.8 Å².